The predicted octanol–water partition coefficient (Wildman–Crippen LogP) is 4.01. The van der Waals surface area contributed by atoms with Crippen LogP contribution in [-0.4, -0.2) is 22.3 Å². The standard InChI is InChI=1S/C14H9Cl2N3O/c1-20-12-6-8(15)2-3-10(12)13-11-7-17-5-4-9(11)14(16)19-18-13/h2-7H,1H3. The van der Waals surface area contributed by atoms with Gasteiger partial charge in [-0.3, -0.25) is 4.98 Å². The number of rotatable bonds is 2. The molecule has 3 aromatic rings. The molecule has 0 N–H and O–H groups in total. The third-order valence-corrected chi connectivity index (χ3v) is 3.47. The van der Waals surface area contributed by atoms with E-state index in [9.17, 15) is 0 Å². The molecule has 6 heteroatoms. The van der Waals surface area contributed by atoms with Crippen LogP contribution in [0.2, 0.25) is 10.2 Å². The first-order chi connectivity index (χ1) is 9.70. The summed E-state index contributed by atoms with van der Waals surface area (Å²) in [6.07, 6.45) is 3.37. The molecular weight excluding hydrogens is 297 g/mol. The van der Waals surface area contributed by atoms with Gasteiger partial charge in [-0.15, -0.1) is 10.2 Å². The second-order valence-electron chi connectivity index (χ2n) is 4.11. The van der Waals surface area contributed by atoms with Gasteiger partial charge in [0.2, 0.25) is 0 Å². The molecule has 100 valence electrons. The van der Waals surface area contributed by atoms with E-state index in [1.165, 1.54) is 0 Å². The van der Waals surface area contributed by atoms with E-state index < -0.39 is 0 Å². The number of nitrogens with zero attached hydrogens (tertiary/aromatic N) is 3. The lowest BCUT2D eigenvalue weighted by atomic mass is 10.1. The summed E-state index contributed by atoms with van der Waals surface area (Å²) in [6, 6.07) is 7.15. The van der Waals surface area contributed by atoms with Crippen LogP contribution in [-0.2, 0) is 0 Å². The summed E-state index contributed by atoms with van der Waals surface area (Å²) in [5.41, 5.74) is 1.45. The molecular formula is C14H9Cl2N3O. The van der Waals surface area contributed by atoms with E-state index in [2.05, 4.69) is 15.2 Å². The van der Waals surface area contributed by atoms with Gasteiger partial charge in [-0.2, -0.15) is 0 Å². The van der Waals surface area contributed by atoms with E-state index in [1.807, 2.05) is 6.07 Å². The molecule has 1 aromatic carbocycles. The molecule has 0 spiro atoms. The molecule has 0 aliphatic rings. The number of pyridine rings is 1. The number of hydrogen-bond acceptors (Lipinski definition) is 4. The van der Waals surface area contributed by atoms with Crippen molar-refractivity contribution in [2.24, 2.45) is 0 Å². The van der Waals surface area contributed by atoms with Crippen molar-refractivity contribution in [2.45, 2.75) is 0 Å². The average molecular weight is 306 g/mol. The summed E-state index contributed by atoms with van der Waals surface area (Å²) < 4.78 is 5.35. The molecule has 0 radical (unpaired) electrons. The van der Waals surface area contributed by atoms with E-state index in [0.717, 1.165) is 16.3 Å². The Bertz CT molecular complexity index is 792. The minimum atomic E-state index is 0.346. The van der Waals surface area contributed by atoms with Crippen LogP contribution < -0.4 is 4.74 Å². The first-order valence-corrected chi connectivity index (χ1v) is 6.56. The summed E-state index contributed by atoms with van der Waals surface area (Å²) in [4.78, 5) is 4.12. The SMILES string of the molecule is COc1cc(Cl)ccc1-c1nnc(Cl)c2ccncc12. The summed E-state index contributed by atoms with van der Waals surface area (Å²) in [7, 11) is 1.58. The highest BCUT2D eigenvalue weighted by Crippen LogP contribution is 2.35. The molecule has 0 fully saturated rings. The van der Waals surface area contributed by atoms with Crippen molar-refractivity contribution in [3.05, 3.63) is 46.8 Å². The third-order valence-electron chi connectivity index (χ3n) is 2.95. The van der Waals surface area contributed by atoms with Crippen molar-refractivity contribution in [3.8, 4) is 17.0 Å². The molecule has 0 saturated heterocycles. The normalized spacial score (nSPS) is 10.8. The fourth-order valence-electron chi connectivity index (χ4n) is 2.02. The average Bonchev–Trinajstić information content (AvgIpc) is 2.48. The van der Waals surface area contributed by atoms with E-state index in [4.69, 9.17) is 27.9 Å². The van der Waals surface area contributed by atoms with Crippen molar-refractivity contribution in [3.63, 3.8) is 0 Å². The molecule has 2 aromatic heterocycles. The molecule has 0 unspecified atom stereocenters. The number of halogens is 2. The Morgan fingerprint density at radius 2 is 1.90 bits per heavy atom. The van der Waals surface area contributed by atoms with E-state index in [1.54, 1.807) is 37.7 Å². The maximum absolute atomic E-state index is 6.06. The Hall–Kier alpha value is -1.91. The summed E-state index contributed by atoms with van der Waals surface area (Å²) in [6.45, 7) is 0. The molecule has 3 rings (SSSR count). The van der Waals surface area contributed by atoms with Gasteiger partial charge in [0.25, 0.3) is 0 Å². The number of benzene rings is 1. The van der Waals surface area contributed by atoms with Gasteiger partial charge in [0.15, 0.2) is 5.15 Å². The van der Waals surface area contributed by atoms with Crippen LogP contribution >= 0.6 is 23.2 Å². The largest absolute Gasteiger partial charge is 0.496 e. The molecule has 20 heavy (non-hydrogen) atoms. The van der Waals surface area contributed by atoms with E-state index in [0.29, 0.717) is 21.6 Å². The lowest BCUT2D eigenvalue weighted by molar-refractivity contribution is 0.416. The van der Waals surface area contributed by atoms with Gasteiger partial charge in [0.05, 0.1) is 7.11 Å². The number of ether oxygens (including phenoxy) is 1. The minimum absolute atomic E-state index is 0.346. The van der Waals surface area contributed by atoms with Gasteiger partial charge < -0.3 is 4.74 Å². The van der Waals surface area contributed by atoms with Gasteiger partial charge >= 0.3 is 0 Å². The summed E-state index contributed by atoms with van der Waals surface area (Å²) >= 11 is 12.0. The van der Waals surface area contributed by atoms with Gasteiger partial charge in [-0.1, -0.05) is 23.2 Å². The van der Waals surface area contributed by atoms with Gasteiger partial charge in [-0.25, -0.2) is 0 Å². The van der Waals surface area contributed by atoms with Gasteiger partial charge in [0, 0.05) is 33.8 Å². The number of aromatic nitrogens is 3. The molecule has 0 atom stereocenters. The zero-order chi connectivity index (χ0) is 14.1. The smallest absolute Gasteiger partial charge is 0.159 e. The second-order valence-corrected chi connectivity index (χ2v) is 4.90. The van der Waals surface area contributed by atoms with Gasteiger partial charge in [-0.05, 0) is 24.3 Å². The molecule has 0 saturated carbocycles. The van der Waals surface area contributed by atoms with Crippen LogP contribution in [0, 0.1) is 0 Å². The van der Waals surface area contributed by atoms with Crippen molar-refractivity contribution in [1.82, 2.24) is 15.2 Å². The summed E-state index contributed by atoms with van der Waals surface area (Å²) in [5.74, 6) is 0.624. The third kappa shape index (κ3) is 2.17. The Kier molecular flexibility index (Phi) is 3.42. The molecule has 2 heterocycles. The van der Waals surface area contributed by atoms with Crippen LogP contribution in [0.25, 0.3) is 22.0 Å². The molecule has 0 bridgehead atoms. The monoisotopic (exact) mass is 305 g/mol. The Morgan fingerprint density at radius 3 is 2.70 bits per heavy atom. The Labute approximate surface area is 125 Å². The van der Waals surface area contributed by atoms with E-state index in [-0.39, 0.29) is 0 Å². The summed E-state index contributed by atoms with van der Waals surface area (Å²) in [5, 5.41) is 10.7. The lowest BCUT2D eigenvalue weighted by Gasteiger charge is -2.10. The maximum atomic E-state index is 6.06. The first kappa shape index (κ1) is 13.1. The fraction of sp³-hybridized carbons (Fsp3) is 0.0714. The van der Waals surface area contributed by atoms with Crippen molar-refractivity contribution < 1.29 is 4.74 Å². The van der Waals surface area contributed by atoms with Crippen molar-refractivity contribution >= 4 is 34.0 Å². The van der Waals surface area contributed by atoms with Crippen LogP contribution in [0.5, 0.6) is 5.75 Å². The maximum Gasteiger partial charge on any atom is 0.159 e. The zero-order valence-electron chi connectivity index (χ0n) is 10.5. The minimum Gasteiger partial charge on any atom is -0.496 e. The number of hydrogen-bond donors (Lipinski definition) is 0. The van der Waals surface area contributed by atoms with Crippen LogP contribution in [0.1, 0.15) is 0 Å². The number of fused-ring (bicyclic) bond motifs is 1. The highest BCUT2D eigenvalue weighted by Gasteiger charge is 2.14. The van der Waals surface area contributed by atoms with Crippen LogP contribution in [0.4, 0.5) is 0 Å². The Balaban J connectivity index is 2.33. The topological polar surface area (TPSA) is 47.9 Å². The number of methoxy groups -OCH3 is 1. The highest BCUT2D eigenvalue weighted by molar-refractivity contribution is 6.34. The van der Waals surface area contributed by atoms with Crippen LogP contribution in [0.15, 0.2) is 36.7 Å². The molecule has 0 aliphatic heterocycles. The molecule has 0 amide bonds. The van der Waals surface area contributed by atoms with Crippen molar-refractivity contribution in [1.29, 1.82) is 0 Å². The fourth-order valence-corrected chi connectivity index (χ4v) is 2.39. The van der Waals surface area contributed by atoms with Crippen molar-refractivity contribution in [2.75, 3.05) is 7.11 Å². The van der Waals surface area contributed by atoms with Gasteiger partial charge in [0.1, 0.15) is 11.4 Å². The molecule has 4 nitrogen and oxygen atoms in total. The molecule has 0 aliphatic carbocycles. The lowest BCUT2D eigenvalue weighted by Crippen LogP contribution is -1.95. The van der Waals surface area contributed by atoms with Crippen LogP contribution in [0.3, 0.4) is 0 Å². The van der Waals surface area contributed by atoms with E-state index >= 15 is 0 Å². The quantitative estimate of drug-likeness (QED) is 0.718. The zero-order valence-corrected chi connectivity index (χ0v) is 12.0. The first-order valence-electron chi connectivity index (χ1n) is 5.80. The predicted molar refractivity (Wildman–Crippen MR) is 79.3 cm³/mol. The highest BCUT2D eigenvalue weighted by atomic mass is 35.5. The Morgan fingerprint density at radius 1 is 1.05 bits per heavy atom. The second kappa shape index (κ2) is 5.23.